The van der Waals surface area contributed by atoms with Crippen molar-refractivity contribution in [3.63, 3.8) is 0 Å². The van der Waals surface area contributed by atoms with Gasteiger partial charge in [0.05, 0.1) is 19.1 Å². The Morgan fingerprint density at radius 3 is 2.38 bits per heavy atom. The Morgan fingerprint density at radius 1 is 1.05 bits per heavy atom. The number of amides is 1. The molecule has 1 aliphatic heterocycles. The van der Waals surface area contributed by atoms with Gasteiger partial charge in [0.25, 0.3) is 5.91 Å². The topological polar surface area (TPSA) is 91.8 Å². The highest BCUT2D eigenvalue weighted by Gasteiger charge is 2.24. The van der Waals surface area contributed by atoms with Crippen LogP contribution in [0.4, 0.5) is 10.1 Å². The SMILES string of the molecule is CCOc1cncc(-c2ccc(C(C)N3CCN(c4ccc(C(=O)NS(C)(=O)=O)cc4)CC3)c(F)c2)c1. The van der Waals surface area contributed by atoms with E-state index in [2.05, 4.69) is 14.8 Å². The molecule has 1 atom stereocenters. The van der Waals surface area contributed by atoms with Crippen molar-refractivity contribution in [3.05, 3.63) is 77.9 Å². The first-order chi connectivity index (χ1) is 17.6. The number of hydrogen-bond acceptors (Lipinski definition) is 7. The molecule has 1 aliphatic rings. The van der Waals surface area contributed by atoms with Gasteiger partial charge in [-0.05, 0) is 55.8 Å². The second kappa shape index (κ2) is 11.3. The van der Waals surface area contributed by atoms with E-state index in [0.717, 1.165) is 49.2 Å². The molecule has 8 nitrogen and oxygen atoms in total. The number of sulfonamides is 1. The molecule has 196 valence electrons. The summed E-state index contributed by atoms with van der Waals surface area (Å²) in [6.45, 7) is 7.45. The minimum Gasteiger partial charge on any atom is -0.492 e. The molecule has 1 aromatic heterocycles. The van der Waals surface area contributed by atoms with Crippen molar-refractivity contribution in [2.45, 2.75) is 19.9 Å². The fraction of sp³-hybridized carbons (Fsp3) is 0.333. The van der Waals surface area contributed by atoms with Crippen LogP contribution in [0.25, 0.3) is 11.1 Å². The Labute approximate surface area is 217 Å². The number of carbonyl (C=O) groups is 1. The zero-order chi connectivity index (χ0) is 26.6. The van der Waals surface area contributed by atoms with Crippen LogP contribution in [0.3, 0.4) is 0 Å². The Hall–Kier alpha value is -3.50. The first-order valence-corrected chi connectivity index (χ1v) is 14.0. The molecular formula is C27H31FN4O4S. The van der Waals surface area contributed by atoms with Crippen LogP contribution in [0.5, 0.6) is 5.75 Å². The lowest BCUT2D eigenvalue weighted by Crippen LogP contribution is -2.47. The van der Waals surface area contributed by atoms with Crippen LogP contribution in [0, 0.1) is 5.82 Å². The Kier molecular flexibility index (Phi) is 8.09. The molecule has 37 heavy (non-hydrogen) atoms. The van der Waals surface area contributed by atoms with E-state index in [0.29, 0.717) is 17.9 Å². The molecule has 2 aromatic carbocycles. The highest BCUT2D eigenvalue weighted by atomic mass is 32.2. The summed E-state index contributed by atoms with van der Waals surface area (Å²) in [6.07, 6.45) is 4.28. The summed E-state index contributed by atoms with van der Waals surface area (Å²) in [5.74, 6) is -0.251. The molecule has 1 fully saturated rings. The quantitative estimate of drug-likeness (QED) is 0.477. The first kappa shape index (κ1) is 26.6. The van der Waals surface area contributed by atoms with E-state index in [1.165, 1.54) is 0 Å². The second-order valence-corrected chi connectivity index (χ2v) is 10.8. The molecule has 1 amide bonds. The number of carbonyl (C=O) groups excluding carboxylic acids is 1. The maximum absolute atomic E-state index is 15.2. The van der Waals surface area contributed by atoms with Crippen LogP contribution in [0.2, 0.25) is 0 Å². The van der Waals surface area contributed by atoms with Gasteiger partial charge in [-0.2, -0.15) is 0 Å². The first-order valence-electron chi connectivity index (χ1n) is 12.1. The summed E-state index contributed by atoms with van der Waals surface area (Å²) in [6, 6.07) is 13.9. The van der Waals surface area contributed by atoms with Gasteiger partial charge >= 0.3 is 0 Å². The molecule has 4 rings (SSSR count). The standard InChI is InChI=1S/C27H31FN4O4S/c1-4-36-24-15-22(17-29-18-24)21-7-10-25(26(28)16-21)19(2)31-11-13-32(14-12-31)23-8-5-20(6-9-23)27(33)30-37(3,34)35/h5-10,15-19H,4,11-14H2,1-3H3,(H,30,33). The molecule has 0 aliphatic carbocycles. The lowest BCUT2D eigenvalue weighted by atomic mass is 10.00. The number of anilines is 1. The van der Waals surface area contributed by atoms with E-state index in [9.17, 15) is 13.2 Å². The molecule has 10 heteroatoms. The normalized spacial score (nSPS) is 15.3. The molecule has 0 spiro atoms. The van der Waals surface area contributed by atoms with Crippen LogP contribution in [-0.2, 0) is 10.0 Å². The van der Waals surface area contributed by atoms with Crippen LogP contribution in [-0.4, -0.2) is 63.3 Å². The van der Waals surface area contributed by atoms with Gasteiger partial charge in [-0.3, -0.25) is 14.7 Å². The monoisotopic (exact) mass is 526 g/mol. The maximum atomic E-state index is 15.2. The van der Waals surface area contributed by atoms with E-state index >= 15 is 4.39 Å². The molecule has 2 heterocycles. The second-order valence-electron chi connectivity index (χ2n) is 9.03. The fourth-order valence-corrected chi connectivity index (χ4v) is 4.94. The highest BCUT2D eigenvalue weighted by molar-refractivity contribution is 7.89. The number of nitrogens with one attached hydrogen (secondary N) is 1. The smallest absolute Gasteiger partial charge is 0.264 e. The molecule has 0 radical (unpaired) electrons. The molecule has 3 aromatic rings. The van der Waals surface area contributed by atoms with Gasteiger partial charge in [-0.15, -0.1) is 0 Å². The van der Waals surface area contributed by atoms with Crippen molar-refractivity contribution in [1.29, 1.82) is 0 Å². The van der Waals surface area contributed by atoms with Gasteiger partial charge in [-0.25, -0.2) is 17.5 Å². The zero-order valence-electron chi connectivity index (χ0n) is 21.1. The maximum Gasteiger partial charge on any atom is 0.264 e. The number of nitrogens with zero attached hydrogens (tertiary/aromatic N) is 3. The van der Waals surface area contributed by atoms with E-state index in [4.69, 9.17) is 4.74 Å². The number of ether oxygens (including phenoxy) is 1. The minimum absolute atomic E-state index is 0.0915. The van der Waals surface area contributed by atoms with Gasteiger partial charge in [0.1, 0.15) is 11.6 Å². The summed E-state index contributed by atoms with van der Waals surface area (Å²) >= 11 is 0. The highest BCUT2D eigenvalue weighted by Crippen LogP contribution is 2.30. The van der Waals surface area contributed by atoms with Gasteiger partial charge < -0.3 is 9.64 Å². The molecular weight excluding hydrogens is 495 g/mol. The minimum atomic E-state index is -3.61. The largest absolute Gasteiger partial charge is 0.492 e. The van der Waals surface area contributed by atoms with Crippen molar-refractivity contribution < 1.29 is 22.3 Å². The van der Waals surface area contributed by atoms with Gasteiger partial charge in [0.15, 0.2) is 0 Å². The summed E-state index contributed by atoms with van der Waals surface area (Å²) < 4.78 is 45.2. The Balaban J connectivity index is 1.38. The number of halogens is 1. The number of benzene rings is 2. The summed E-state index contributed by atoms with van der Waals surface area (Å²) in [7, 11) is -3.61. The number of pyridine rings is 1. The van der Waals surface area contributed by atoms with Crippen LogP contribution < -0.4 is 14.4 Å². The predicted octanol–water partition coefficient (Wildman–Crippen LogP) is 3.86. The predicted molar refractivity (Wildman–Crippen MR) is 142 cm³/mol. The van der Waals surface area contributed by atoms with Gasteiger partial charge in [0, 0.05) is 60.8 Å². The number of aromatic nitrogens is 1. The van der Waals surface area contributed by atoms with Crippen molar-refractivity contribution in [2.75, 3.05) is 43.9 Å². The lowest BCUT2D eigenvalue weighted by Gasteiger charge is -2.39. The third kappa shape index (κ3) is 6.64. The third-order valence-corrected chi connectivity index (χ3v) is 7.00. The summed E-state index contributed by atoms with van der Waals surface area (Å²) in [5, 5.41) is 0. The third-order valence-electron chi connectivity index (χ3n) is 6.44. The van der Waals surface area contributed by atoms with E-state index < -0.39 is 15.9 Å². The number of hydrogen-bond donors (Lipinski definition) is 1. The molecule has 1 saturated heterocycles. The molecule has 1 N–H and O–H groups in total. The fourth-order valence-electron chi connectivity index (χ4n) is 4.48. The van der Waals surface area contributed by atoms with Crippen LogP contribution in [0.15, 0.2) is 60.9 Å². The lowest BCUT2D eigenvalue weighted by molar-refractivity contribution is 0.0981. The van der Waals surface area contributed by atoms with Crippen LogP contribution in [0.1, 0.15) is 35.8 Å². The van der Waals surface area contributed by atoms with Crippen molar-refractivity contribution in [3.8, 4) is 16.9 Å². The van der Waals surface area contributed by atoms with E-state index in [-0.39, 0.29) is 17.4 Å². The zero-order valence-corrected chi connectivity index (χ0v) is 22.0. The van der Waals surface area contributed by atoms with Crippen molar-refractivity contribution >= 4 is 21.6 Å². The average molecular weight is 527 g/mol. The number of piperazine rings is 1. The molecule has 1 unspecified atom stereocenters. The van der Waals surface area contributed by atoms with Crippen molar-refractivity contribution in [1.82, 2.24) is 14.6 Å². The van der Waals surface area contributed by atoms with Crippen LogP contribution >= 0.6 is 0 Å². The average Bonchev–Trinajstić information content (AvgIpc) is 2.88. The van der Waals surface area contributed by atoms with Crippen molar-refractivity contribution in [2.24, 2.45) is 0 Å². The van der Waals surface area contributed by atoms with Gasteiger partial charge in [0.2, 0.25) is 10.0 Å². The summed E-state index contributed by atoms with van der Waals surface area (Å²) in [4.78, 5) is 20.7. The van der Waals surface area contributed by atoms with E-state index in [1.54, 1.807) is 30.6 Å². The Morgan fingerprint density at radius 2 is 1.76 bits per heavy atom. The Bertz CT molecular complexity index is 1360. The summed E-state index contributed by atoms with van der Waals surface area (Å²) in [5.41, 5.74) is 3.42. The molecule has 0 bridgehead atoms. The van der Waals surface area contributed by atoms with E-state index in [1.807, 2.05) is 48.9 Å². The number of rotatable bonds is 8. The molecule has 0 saturated carbocycles. The van der Waals surface area contributed by atoms with Gasteiger partial charge in [-0.1, -0.05) is 12.1 Å².